The molecular weight excluding hydrogens is 328 g/mol. The minimum atomic E-state index is -0.193. The molecule has 0 aromatic carbocycles. The number of pyridine rings is 1. The average molecular weight is 361 g/mol. The number of amides is 1. The summed E-state index contributed by atoms with van der Waals surface area (Å²) in [5.74, 6) is 2.07. The van der Waals surface area contributed by atoms with Gasteiger partial charge in [-0.15, -0.1) is 0 Å². The van der Waals surface area contributed by atoms with Crippen LogP contribution in [0.3, 0.4) is 0 Å². The molecule has 1 unspecified atom stereocenters. The third-order valence-corrected chi connectivity index (χ3v) is 5.10. The summed E-state index contributed by atoms with van der Waals surface area (Å²) >= 11 is 0. The summed E-state index contributed by atoms with van der Waals surface area (Å²) in [6.45, 7) is 8.75. The molecule has 26 heavy (non-hydrogen) atoms. The highest BCUT2D eigenvalue weighted by atomic mass is 16.1. The Bertz CT molecular complexity index is 622. The van der Waals surface area contributed by atoms with Gasteiger partial charge in [0, 0.05) is 50.4 Å². The fraction of sp³-hybridized carbons (Fsp3) is 0.632. The quantitative estimate of drug-likeness (QED) is 0.528. The van der Waals surface area contributed by atoms with E-state index in [2.05, 4.69) is 52.3 Å². The maximum Gasteiger partial charge on any atom is 0.220 e. The molecule has 7 heteroatoms. The van der Waals surface area contributed by atoms with Gasteiger partial charge >= 0.3 is 0 Å². The van der Waals surface area contributed by atoms with E-state index in [1.807, 2.05) is 12.3 Å². The van der Waals surface area contributed by atoms with Crippen LogP contribution in [0.5, 0.6) is 0 Å². The Morgan fingerprint density at radius 1 is 1.38 bits per heavy atom. The van der Waals surface area contributed by atoms with Gasteiger partial charge in [0.25, 0.3) is 0 Å². The molecule has 2 rings (SSSR count). The highest BCUT2D eigenvalue weighted by molar-refractivity contribution is 5.80. The van der Waals surface area contributed by atoms with Gasteiger partial charge in [0.2, 0.25) is 5.91 Å². The van der Waals surface area contributed by atoms with Crippen molar-refractivity contribution in [2.75, 3.05) is 25.0 Å². The number of primary amides is 1. The topological polar surface area (TPSA) is 95.6 Å². The van der Waals surface area contributed by atoms with Crippen molar-refractivity contribution < 1.29 is 4.79 Å². The number of rotatable bonds is 6. The van der Waals surface area contributed by atoms with Gasteiger partial charge in [-0.25, -0.2) is 4.98 Å². The molecule has 0 radical (unpaired) electrons. The van der Waals surface area contributed by atoms with E-state index in [0.29, 0.717) is 18.5 Å². The molecule has 1 amide bonds. The second kappa shape index (κ2) is 9.40. The molecule has 1 aliphatic heterocycles. The average Bonchev–Trinajstić information content (AvgIpc) is 2.65. The van der Waals surface area contributed by atoms with E-state index >= 15 is 0 Å². The third kappa shape index (κ3) is 5.34. The van der Waals surface area contributed by atoms with Gasteiger partial charge in [0.1, 0.15) is 5.82 Å². The summed E-state index contributed by atoms with van der Waals surface area (Å²) < 4.78 is 0. The third-order valence-electron chi connectivity index (χ3n) is 5.10. The molecule has 7 nitrogen and oxygen atoms in total. The number of carbonyl (C=O) groups excluding carboxylic acids is 1. The molecule has 1 aromatic heterocycles. The molecule has 0 spiro atoms. The number of piperidine rings is 1. The number of nitrogens with one attached hydrogen (secondary N) is 2. The number of hydrogen-bond donors (Lipinski definition) is 3. The van der Waals surface area contributed by atoms with Crippen molar-refractivity contribution in [3.8, 4) is 0 Å². The van der Waals surface area contributed by atoms with Crippen molar-refractivity contribution in [1.29, 1.82) is 0 Å². The summed E-state index contributed by atoms with van der Waals surface area (Å²) in [4.78, 5) is 22.5. The molecule has 1 atom stereocenters. The van der Waals surface area contributed by atoms with Crippen molar-refractivity contribution in [1.82, 2.24) is 15.6 Å². The van der Waals surface area contributed by atoms with E-state index in [1.54, 1.807) is 7.05 Å². The molecule has 4 N–H and O–H groups in total. The first-order valence-electron chi connectivity index (χ1n) is 9.37. The standard InChI is InChI=1S/C19H32N6O/c1-13(2)14(3)24-19(21-4)23-12-16-6-5-9-22-18(16)25-10-7-15(8-11-25)17(20)26/h5-6,9,13-15H,7-8,10-12H2,1-4H3,(H2,20,26)(H2,21,23,24). The Morgan fingerprint density at radius 2 is 2.08 bits per heavy atom. The smallest absolute Gasteiger partial charge is 0.220 e. The Hall–Kier alpha value is -2.31. The summed E-state index contributed by atoms with van der Waals surface area (Å²) in [5.41, 5.74) is 6.55. The normalized spacial score (nSPS) is 17.3. The second-order valence-corrected chi connectivity index (χ2v) is 7.25. The number of hydrogen-bond acceptors (Lipinski definition) is 4. The summed E-state index contributed by atoms with van der Waals surface area (Å²) in [5, 5.41) is 6.78. The first-order valence-corrected chi connectivity index (χ1v) is 9.37. The first-order chi connectivity index (χ1) is 12.4. The fourth-order valence-electron chi connectivity index (χ4n) is 2.98. The van der Waals surface area contributed by atoms with Crippen molar-refractivity contribution in [2.45, 2.75) is 46.2 Å². The van der Waals surface area contributed by atoms with Crippen molar-refractivity contribution >= 4 is 17.7 Å². The lowest BCUT2D eigenvalue weighted by Gasteiger charge is -2.32. The number of carbonyl (C=O) groups is 1. The van der Waals surface area contributed by atoms with Crippen LogP contribution in [-0.2, 0) is 11.3 Å². The minimum Gasteiger partial charge on any atom is -0.369 e. The number of guanidine groups is 1. The van der Waals surface area contributed by atoms with E-state index in [4.69, 9.17) is 5.73 Å². The van der Waals surface area contributed by atoms with E-state index < -0.39 is 0 Å². The fourth-order valence-corrected chi connectivity index (χ4v) is 2.98. The molecule has 0 saturated carbocycles. The van der Waals surface area contributed by atoms with Gasteiger partial charge in [-0.3, -0.25) is 9.79 Å². The van der Waals surface area contributed by atoms with Gasteiger partial charge in [0.15, 0.2) is 5.96 Å². The van der Waals surface area contributed by atoms with E-state index in [0.717, 1.165) is 43.3 Å². The molecule has 0 aliphatic carbocycles. The van der Waals surface area contributed by atoms with Crippen LogP contribution < -0.4 is 21.3 Å². The Balaban J connectivity index is 2.00. The largest absolute Gasteiger partial charge is 0.369 e. The van der Waals surface area contributed by atoms with Crippen LogP contribution in [-0.4, -0.2) is 43.0 Å². The first kappa shape index (κ1) is 20.0. The lowest BCUT2D eigenvalue weighted by Crippen LogP contribution is -2.44. The molecule has 2 heterocycles. The maximum absolute atomic E-state index is 11.4. The summed E-state index contributed by atoms with van der Waals surface area (Å²) in [7, 11) is 1.78. The highest BCUT2D eigenvalue weighted by Crippen LogP contribution is 2.24. The number of nitrogens with zero attached hydrogens (tertiary/aromatic N) is 3. The second-order valence-electron chi connectivity index (χ2n) is 7.25. The Labute approximate surface area is 156 Å². The Kier molecular flexibility index (Phi) is 7.24. The number of anilines is 1. The molecule has 1 saturated heterocycles. The SMILES string of the molecule is CN=C(NCc1cccnc1N1CCC(C(N)=O)CC1)NC(C)C(C)C. The van der Waals surface area contributed by atoms with Crippen LogP contribution in [0.2, 0.25) is 0 Å². The van der Waals surface area contributed by atoms with Crippen LogP contribution in [0.4, 0.5) is 5.82 Å². The molecule has 0 bridgehead atoms. The predicted octanol–water partition coefficient (Wildman–Crippen LogP) is 1.49. The van der Waals surface area contributed by atoms with Gasteiger partial charge in [-0.05, 0) is 31.7 Å². The molecule has 1 fully saturated rings. The highest BCUT2D eigenvalue weighted by Gasteiger charge is 2.25. The van der Waals surface area contributed by atoms with Crippen LogP contribution in [0, 0.1) is 11.8 Å². The van der Waals surface area contributed by atoms with Gasteiger partial charge < -0.3 is 21.3 Å². The molecule has 1 aliphatic rings. The minimum absolute atomic E-state index is 0.0166. The molecule has 144 valence electrons. The number of aliphatic imine (C=N–C) groups is 1. The lowest BCUT2D eigenvalue weighted by atomic mass is 9.96. The number of nitrogens with two attached hydrogens (primary N) is 1. The van der Waals surface area contributed by atoms with Gasteiger partial charge in [-0.1, -0.05) is 19.9 Å². The zero-order valence-electron chi connectivity index (χ0n) is 16.3. The van der Waals surface area contributed by atoms with Crippen molar-refractivity contribution in [2.24, 2.45) is 22.6 Å². The zero-order chi connectivity index (χ0) is 19.1. The number of aromatic nitrogens is 1. The summed E-state index contributed by atoms with van der Waals surface area (Å²) in [6, 6.07) is 4.36. The molecular formula is C19H32N6O. The van der Waals surface area contributed by atoms with E-state index in [-0.39, 0.29) is 11.8 Å². The van der Waals surface area contributed by atoms with Crippen LogP contribution >= 0.6 is 0 Å². The van der Waals surface area contributed by atoms with E-state index in [9.17, 15) is 4.79 Å². The van der Waals surface area contributed by atoms with Crippen LogP contribution in [0.25, 0.3) is 0 Å². The van der Waals surface area contributed by atoms with Crippen LogP contribution in [0.15, 0.2) is 23.3 Å². The molecule has 1 aromatic rings. The van der Waals surface area contributed by atoms with E-state index in [1.165, 1.54) is 0 Å². The van der Waals surface area contributed by atoms with Gasteiger partial charge in [0.05, 0.1) is 0 Å². The monoisotopic (exact) mass is 360 g/mol. The Morgan fingerprint density at radius 3 is 2.65 bits per heavy atom. The van der Waals surface area contributed by atoms with Gasteiger partial charge in [-0.2, -0.15) is 0 Å². The summed E-state index contributed by atoms with van der Waals surface area (Å²) in [6.07, 6.45) is 3.38. The lowest BCUT2D eigenvalue weighted by molar-refractivity contribution is -0.122. The zero-order valence-corrected chi connectivity index (χ0v) is 16.3. The van der Waals surface area contributed by atoms with Crippen LogP contribution in [0.1, 0.15) is 39.2 Å². The maximum atomic E-state index is 11.4. The van der Waals surface area contributed by atoms with Crippen molar-refractivity contribution in [3.63, 3.8) is 0 Å². The predicted molar refractivity (Wildman–Crippen MR) is 106 cm³/mol. The van der Waals surface area contributed by atoms with Crippen molar-refractivity contribution in [3.05, 3.63) is 23.9 Å².